The summed E-state index contributed by atoms with van der Waals surface area (Å²) in [5.41, 5.74) is 2.72. The van der Waals surface area contributed by atoms with Crippen molar-refractivity contribution in [1.82, 2.24) is 5.32 Å². The number of aliphatic carboxylic acids is 1. The van der Waals surface area contributed by atoms with Crippen LogP contribution in [0.15, 0.2) is 72.8 Å². The SMILES string of the molecule is Cc1ccc(NS(=O)(=O)C(Cc2ccc(Cl)cc2)C(=O)NC(Cc2ccc(C#N)cc2)C(=O)O)cc1. The van der Waals surface area contributed by atoms with Crippen LogP contribution in [0.25, 0.3) is 0 Å². The maximum Gasteiger partial charge on any atom is 0.326 e. The van der Waals surface area contributed by atoms with Crippen LogP contribution in [0.5, 0.6) is 0 Å². The molecular formula is C26H24ClN3O5S. The summed E-state index contributed by atoms with van der Waals surface area (Å²) in [5.74, 6) is -2.27. The van der Waals surface area contributed by atoms with Crippen molar-refractivity contribution in [3.05, 3.63) is 100 Å². The number of rotatable bonds is 10. The lowest BCUT2D eigenvalue weighted by Gasteiger charge is -2.22. The van der Waals surface area contributed by atoms with Crippen LogP contribution in [0.2, 0.25) is 5.02 Å². The third-order valence-electron chi connectivity index (χ3n) is 5.45. The van der Waals surface area contributed by atoms with Gasteiger partial charge in [0.1, 0.15) is 6.04 Å². The second kappa shape index (κ2) is 11.7. The first-order valence-electron chi connectivity index (χ1n) is 10.9. The molecule has 0 spiro atoms. The zero-order valence-electron chi connectivity index (χ0n) is 19.3. The van der Waals surface area contributed by atoms with Gasteiger partial charge in [-0.15, -0.1) is 0 Å². The summed E-state index contributed by atoms with van der Waals surface area (Å²) in [5, 5.41) is 19.9. The monoisotopic (exact) mass is 525 g/mol. The van der Waals surface area contributed by atoms with Crippen molar-refractivity contribution in [3.63, 3.8) is 0 Å². The average Bonchev–Trinajstić information content (AvgIpc) is 2.84. The molecule has 36 heavy (non-hydrogen) atoms. The molecule has 10 heteroatoms. The van der Waals surface area contributed by atoms with Crippen molar-refractivity contribution in [3.8, 4) is 6.07 Å². The van der Waals surface area contributed by atoms with Gasteiger partial charge in [-0.3, -0.25) is 9.52 Å². The topological polar surface area (TPSA) is 136 Å². The summed E-state index contributed by atoms with van der Waals surface area (Å²) >= 11 is 5.93. The zero-order valence-corrected chi connectivity index (χ0v) is 20.9. The maximum absolute atomic E-state index is 13.3. The summed E-state index contributed by atoms with van der Waals surface area (Å²) in [6.07, 6.45) is -0.292. The first-order chi connectivity index (χ1) is 17.1. The Morgan fingerprint density at radius 3 is 2.06 bits per heavy atom. The number of benzene rings is 3. The molecule has 3 N–H and O–H groups in total. The van der Waals surface area contributed by atoms with Crippen molar-refractivity contribution in [1.29, 1.82) is 5.26 Å². The highest BCUT2D eigenvalue weighted by Crippen LogP contribution is 2.19. The summed E-state index contributed by atoms with van der Waals surface area (Å²) in [6, 6.07) is 19.8. The van der Waals surface area contributed by atoms with Gasteiger partial charge in [0, 0.05) is 17.1 Å². The fourth-order valence-electron chi connectivity index (χ4n) is 3.45. The molecule has 0 aliphatic carbocycles. The highest BCUT2D eigenvalue weighted by atomic mass is 35.5. The van der Waals surface area contributed by atoms with E-state index in [9.17, 15) is 23.1 Å². The Kier molecular flexibility index (Phi) is 8.69. The molecule has 0 aliphatic rings. The van der Waals surface area contributed by atoms with Crippen LogP contribution in [0.4, 0.5) is 5.69 Å². The maximum atomic E-state index is 13.3. The van der Waals surface area contributed by atoms with E-state index in [1.165, 1.54) is 12.1 Å². The minimum atomic E-state index is -4.27. The normalized spacial score (nSPS) is 12.7. The van der Waals surface area contributed by atoms with Gasteiger partial charge in [-0.25, -0.2) is 13.2 Å². The van der Waals surface area contributed by atoms with E-state index in [0.717, 1.165) is 5.56 Å². The van der Waals surface area contributed by atoms with E-state index >= 15 is 0 Å². The average molecular weight is 526 g/mol. The van der Waals surface area contributed by atoms with Crippen LogP contribution in [0.1, 0.15) is 22.3 Å². The van der Waals surface area contributed by atoms with E-state index in [1.54, 1.807) is 60.7 Å². The van der Waals surface area contributed by atoms with Crippen LogP contribution in [-0.4, -0.2) is 36.7 Å². The number of carbonyl (C=O) groups is 2. The molecule has 2 unspecified atom stereocenters. The predicted molar refractivity (Wildman–Crippen MR) is 137 cm³/mol. The highest BCUT2D eigenvalue weighted by Gasteiger charge is 2.35. The number of nitrogens with zero attached hydrogens (tertiary/aromatic N) is 1. The van der Waals surface area contributed by atoms with Gasteiger partial charge in [0.25, 0.3) is 0 Å². The van der Waals surface area contributed by atoms with Crippen LogP contribution < -0.4 is 10.0 Å². The highest BCUT2D eigenvalue weighted by molar-refractivity contribution is 7.94. The Labute approximate surface area is 214 Å². The van der Waals surface area contributed by atoms with Crippen molar-refractivity contribution in [2.75, 3.05) is 4.72 Å². The number of carbonyl (C=O) groups excluding carboxylic acids is 1. The van der Waals surface area contributed by atoms with Crippen molar-refractivity contribution >= 4 is 39.2 Å². The number of aryl methyl sites for hydroxylation is 1. The van der Waals surface area contributed by atoms with Crippen LogP contribution in [-0.2, 0) is 32.5 Å². The number of halogens is 1. The standard InChI is InChI=1S/C26H24ClN3O5S/c1-17-2-12-22(13-3-17)30-36(34,35)24(15-19-8-10-21(27)11-9-19)25(31)29-23(26(32)33)14-18-4-6-20(16-28)7-5-18/h2-13,23-24,30H,14-15H2,1H3,(H,29,31)(H,32,33). The molecule has 3 aromatic rings. The molecule has 3 aromatic carbocycles. The van der Waals surface area contributed by atoms with Gasteiger partial charge in [-0.1, -0.05) is 53.6 Å². The van der Waals surface area contributed by atoms with E-state index in [2.05, 4.69) is 10.0 Å². The van der Waals surface area contributed by atoms with Gasteiger partial charge in [-0.05, 0) is 60.9 Å². The van der Waals surface area contributed by atoms with Gasteiger partial charge in [0.2, 0.25) is 15.9 Å². The Bertz CT molecular complexity index is 1370. The minimum absolute atomic E-state index is 0.0914. The molecule has 0 heterocycles. The van der Waals surface area contributed by atoms with Gasteiger partial charge in [0.05, 0.1) is 11.6 Å². The molecule has 8 nitrogen and oxygen atoms in total. The number of carboxylic acid groups (broad SMARTS) is 1. The molecule has 2 atom stereocenters. The molecule has 0 bridgehead atoms. The first-order valence-corrected chi connectivity index (χ1v) is 12.8. The second-order valence-electron chi connectivity index (χ2n) is 8.24. The number of nitriles is 1. The summed E-state index contributed by atoms with van der Waals surface area (Å²) in [7, 11) is -4.27. The predicted octanol–water partition coefficient (Wildman–Crippen LogP) is 3.69. The first kappa shape index (κ1) is 26.7. The summed E-state index contributed by atoms with van der Waals surface area (Å²) in [6.45, 7) is 1.86. The van der Waals surface area contributed by atoms with Gasteiger partial charge in [-0.2, -0.15) is 5.26 Å². The van der Waals surface area contributed by atoms with Gasteiger partial charge >= 0.3 is 5.97 Å². The molecule has 0 saturated heterocycles. The second-order valence-corrected chi connectivity index (χ2v) is 10.5. The van der Waals surface area contributed by atoms with E-state index in [-0.39, 0.29) is 18.5 Å². The van der Waals surface area contributed by atoms with E-state index in [4.69, 9.17) is 16.9 Å². The van der Waals surface area contributed by atoms with Crippen LogP contribution >= 0.6 is 11.6 Å². The smallest absolute Gasteiger partial charge is 0.326 e. The number of carboxylic acids is 1. The Hall–Kier alpha value is -3.87. The minimum Gasteiger partial charge on any atom is -0.480 e. The Morgan fingerprint density at radius 1 is 0.944 bits per heavy atom. The lowest BCUT2D eigenvalue weighted by atomic mass is 10.0. The van der Waals surface area contributed by atoms with Crippen molar-refractivity contribution < 1.29 is 23.1 Å². The van der Waals surface area contributed by atoms with E-state index in [0.29, 0.717) is 21.7 Å². The number of sulfonamides is 1. The lowest BCUT2D eigenvalue weighted by Crippen LogP contribution is -2.50. The number of amides is 1. The van der Waals surface area contributed by atoms with Crippen LogP contribution in [0.3, 0.4) is 0 Å². The van der Waals surface area contributed by atoms with Gasteiger partial charge < -0.3 is 10.4 Å². The van der Waals surface area contributed by atoms with E-state index < -0.39 is 33.2 Å². The zero-order chi connectivity index (χ0) is 26.3. The molecule has 0 aromatic heterocycles. The fraction of sp³-hybridized carbons (Fsp3) is 0.192. The van der Waals surface area contributed by atoms with E-state index in [1.807, 2.05) is 13.0 Å². The van der Waals surface area contributed by atoms with Crippen LogP contribution in [0, 0.1) is 18.3 Å². The summed E-state index contributed by atoms with van der Waals surface area (Å²) < 4.78 is 29.0. The van der Waals surface area contributed by atoms with Crippen molar-refractivity contribution in [2.24, 2.45) is 0 Å². The molecule has 0 radical (unpaired) electrons. The summed E-state index contributed by atoms with van der Waals surface area (Å²) in [4.78, 5) is 25.2. The third kappa shape index (κ3) is 7.31. The molecular weight excluding hydrogens is 502 g/mol. The number of hydrogen-bond acceptors (Lipinski definition) is 5. The Balaban J connectivity index is 1.87. The fourth-order valence-corrected chi connectivity index (χ4v) is 4.95. The van der Waals surface area contributed by atoms with Gasteiger partial charge in [0.15, 0.2) is 5.25 Å². The molecule has 0 aliphatic heterocycles. The molecule has 0 saturated carbocycles. The molecule has 0 fully saturated rings. The van der Waals surface area contributed by atoms with Crippen molar-refractivity contribution in [2.45, 2.75) is 31.1 Å². The Morgan fingerprint density at radius 2 is 1.50 bits per heavy atom. The largest absolute Gasteiger partial charge is 0.480 e. The lowest BCUT2D eigenvalue weighted by molar-refractivity contribution is -0.141. The molecule has 186 valence electrons. The quantitative estimate of drug-likeness (QED) is 0.369. The number of nitrogens with one attached hydrogen (secondary N) is 2. The molecule has 1 amide bonds. The number of hydrogen-bond donors (Lipinski definition) is 3. The number of anilines is 1. The third-order valence-corrected chi connectivity index (χ3v) is 7.35. The molecule has 3 rings (SSSR count).